The van der Waals surface area contributed by atoms with Gasteiger partial charge in [-0.05, 0) is 23.8 Å². The van der Waals surface area contributed by atoms with E-state index in [1.165, 1.54) is 5.56 Å². The maximum atomic E-state index is 5.48. The van der Waals surface area contributed by atoms with Crippen molar-refractivity contribution < 1.29 is 4.74 Å². The molecule has 1 aromatic carbocycles. The SMILES string of the molecule is NCCn1cc(-c2ccc3c(c2)CCO3)nn1. The number of ether oxygens (including phenoxy) is 1. The van der Waals surface area contributed by atoms with Gasteiger partial charge in [0.05, 0.1) is 19.3 Å². The number of fused-ring (bicyclic) bond motifs is 1. The zero-order valence-electron chi connectivity index (χ0n) is 9.47. The first kappa shape index (κ1) is 10.3. The van der Waals surface area contributed by atoms with E-state index in [1.807, 2.05) is 18.3 Å². The first-order valence-corrected chi connectivity index (χ1v) is 5.73. The van der Waals surface area contributed by atoms with Crippen LogP contribution in [0.25, 0.3) is 11.3 Å². The Hall–Kier alpha value is -1.88. The van der Waals surface area contributed by atoms with Crippen LogP contribution in [0.4, 0.5) is 0 Å². The molecule has 88 valence electrons. The van der Waals surface area contributed by atoms with Gasteiger partial charge < -0.3 is 10.5 Å². The van der Waals surface area contributed by atoms with Gasteiger partial charge in [-0.25, -0.2) is 0 Å². The summed E-state index contributed by atoms with van der Waals surface area (Å²) in [6.45, 7) is 2.04. The topological polar surface area (TPSA) is 66.0 Å². The molecule has 0 saturated heterocycles. The molecule has 0 aliphatic carbocycles. The lowest BCUT2D eigenvalue weighted by molar-refractivity contribution is 0.357. The molecule has 5 heteroatoms. The lowest BCUT2D eigenvalue weighted by Gasteiger charge is -2.00. The Labute approximate surface area is 99.2 Å². The summed E-state index contributed by atoms with van der Waals surface area (Å²) in [7, 11) is 0. The van der Waals surface area contributed by atoms with Crippen molar-refractivity contribution >= 4 is 0 Å². The lowest BCUT2D eigenvalue weighted by Crippen LogP contribution is -2.10. The third-order valence-electron chi connectivity index (χ3n) is 2.88. The Morgan fingerprint density at radius 2 is 2.35 bits per heavy atom. The summed E-state index contributed by atoms with van der Waals surface area (Å²) >= 11 is 0. The summed E-state index contributed by atoms with van der Waals surface area (Å²) in [5.41, 5.74) is 8.69. The minimum absolute atomic E-state index is 0.570. The number of benzene rings is 1. The van der Waals surface area contributed by atoms with E-state index in [9.17, 15) is 0 Å². The number of hydrogen-bond donors (Lipinski definition) is 1. The van der Waals surface area contributed by atoms with Crippen LogP contribution in [0.3, 0.4) is 0 Å². The van der Waals surface area contributed by atoms with Crippen molar-refractivity contribution in [3.05, 3.63) is 30.0 Å². The fourth-order valence-electron chi connectivity index (χ4n) is 2.02. The second-order valence-corrected chi connectivity index (χ2v) is 4.08. The molecule has 0 spiro atoms. The van der Waals surface area contributed by atoms with Gasteiger partial charge in [-0.1, -0.05) is 5.21 Å². The summed E-state index contributed by atoms with van der Waals surface area (Å²) in [4.78, 5) is 0. The first-order valence-electron chi connectivity index (χ1n) is 5.73. The summed E-state index contributed by atoms with van der Waals surface area (Å²) in [6.07, 6.45) is 2.89. The van der Waals surface area contributed by atoms with Gasteiger partial charge in [0.15, 0.2) is 0 Å². The highest BCUT2D eigenvalue weighted by atomic mass is 16.5. The maximum Gasteiger partial charge on any atom is 0.122 e. The average Bonchev–Trinajstić information content (AvgIpc) is 2.96. The summed E-state index contributed by atoms with van der Waals surface area (Å²) in [6, 6.07) is 6.14. The van der Waals surface area contributed by atoms with Gasteiger partial charge in [0.1, 0.15) is 11.4 Å². The molecule has 0 amide bonds. The molecule has 2 N–H and O–H groups in total. The zero-order chi connectivity index (χ0) is 11.7. The molecule has 0 unspecified atom stereocenters. The second kappa shape index (κ2) is 4.18. The van der Waals surface area contributed by atoms with E-state index in [-0.39, 0.29) is 0 Å². The quantitative estimate of drug-likeness (QED) is 0.848. The Bertz CT molecular complexity index is 535. The van der Waals surface area contributed by atoms with Crippen molar-refractivity contribution in [1.29, 1.82) is 0 Å². The van der Waals surface area contributed by atoms with Crippen molar-refractivity contribution in [2.45, 2.75) is 13.0 Å². The predicted molar refractivity (Wildman–Crippen MR) is 63.7 cm³/mol. The van der Waals surface area contributed by atoms with Crippen molar-refractivity contribution in [3.8, 4) is 17.0 Å². The lowest BCUT2D eigenvalue weighted by atomic mass is 10.1. The normalized spacial score (nSPS) is 13.5. The number of nitrogens with zero attached hydrogens (tertiary/aromatic N) is 3. The predicted octanol–water partition coefficient (Wildman–Crippen LogP) is 0.839. The van der Waals surface area contributed by atoms with E-state index in [2.05, 4.69) is 16.4 Å². The zero-order valence-corrected chi connectivity index (χ0v) is 9.47. The van der Waals surface area contributed by atoms with E-state index in [1.54, 1.807) is 4.68 Å². The second-order valence-electron chi connectivity index (χ2n) is 4.08. The molecule has 0 saturated carbocycles. The van der Waals surface area contributed by atoms with Crippen molar-refractivity contribution in [3.63, 3.8) is 0 Å². The maximum absolute atomic E-state index is 5.48. The Balaban J connectivity index is 1.92. The molecule has 3 rings (SSSR count). The molecular weight excluding hydrogens is 216 g/mol. The molecule has 1 aliphatic heterocycles. The number of nitrogens with two attached hydrogens (primary N) is 1. The van der Waals surface area contributed by atoms with Gasteiger partial charge in [0.2, 0.25) is 0 Å². The summed E-state index contributed by atoms with van der Waals surface area (Å²) in [5, 5.41) is 8.18. The van der Waals surface area contributed by atoms with Crippen LogP contribution in [0.1, 0.15) is 5.56 Å². The summed E-state index contributed by atoms with van der Waals surface area (Å²) < 4.78 is 7.24. The molecule has 0 atom stereocenters. The van der Waals surface area contributed by atoms with Gasteiger partial charge in [0.25, 0.3) is 0 Å². The molecule has 0 bridgehead atoms. The van der Waals surface area contributed by atoms with Crippen molar-refractivity contribution in [2.24, 2.45) is 5.73 Å². The van der Waals surface area contributed by atoms with Crippen LogP contribution in [-0.2, 0) is 13.0 Å². The van der Waals surface area contributed by atoms with Crippen LogP contribution in [0.2, 0.25) is 0 Å². The number of rotatable bonds is 3. The molecule has 0 fully saturated rings. The van der Waals surface area contributed by atoms with Crippen LogP contribution >= 0.6 is 0 Å². The fourth-order valence-corrected chi connectivity index (χ4v) is 2.02. The highest BCUT2D eigenvalue weighted by Gasteiger charge is 2.13. The van der Waals surface area contributed by atoms with Crippen LogP contribution in [0.15, 0.2) is 24.4 Å². The van der Waals surface area contributed by atoms with Crippen molar-refractivity contribution in [2.75, 3.05) is 13.2 Å². The molecule has 2 heterocycles. The molecule has 2 aromatic rings. The fraction of sp³-hybridized carbons (Fsp3) is 0.333. The van der Waals surface area contributed by atoms with Gasteiger partial charge in [0, 0.05) is 18.5 Å². The summed E-state index contributed by atoms with van der Waals surface area (Å²) in [5.74, 6) is 0.989. The van der Waals surface area contributed by atoms with Gasteiger partial charge >= 0.3 is 0 Å². The van der Waals surface area contributed by atoms with Crippen LogP contribution in [0, 0.1) is 0 Å². The Morgan fingerprint density at radius 3 is 3.24 bits per heavy atom. The Morgan fingerprint density at radius 1 is 1.41 bits per heavy atom. The van der Waals surface area contributed by atoms with Crippen LogP contribution in [-0.4, -0.2) is 28.1 Å². The standard InChI is InChI=1S/C12H14N4O/c13-4-5-16-8-11(14-15-16)9-1-2-12-10(7-9)3-6-17-12/h1-2,7-8H,3-6,13H2. The average molecular weight is 230 g/mol. The molecule has 1 aromatic heterocycles. The van der Waals surface area contributed by atoms with Crippen molar-refractivity contribution in [1.82, 2.24) is 15.0 Å². The van der Waals surface area contributed by atoms with E-state index in [0.29, 0.717) is 13.1 Å². The van der Waals surface area contributed by atoms with Gasteiger partial charge in [-0.15, -0.1) is 5.10 Å². The molecule has 17 heavy (non-hydrogen) atoms. The first-order chi connectivity index (χ1) is 8.36. The minimum atomic E-state index is 0.570. The molecule has 0 radical (unpaired) electrons. The third kappa shape index (κ3) is 1.89. The molecule has 5 nitrogen and oxygen atoms in total. The van der Waals surface area contributed by atoms with E-state index >= 15 is 0 Å². The third-order valence-corrected chi connectivity index (χ3v) is 2.88. The minimum Gasteiger partial charge on any atom is -0.493 e. The van der Waals surface area contributed by atoms with E-state index < -0.39 is 0 Å². The van der Waals surface area contributed by atoms with E-state index in [0.717, 1.165) is 30.0 Å². The largest absolute Gasteiger partial charge is 0.493 e. The smallest absolute Gasteiger partial charge is 0.122 e. The van der Waals surface area contributed by atoms with Gasteiger partial charge in [-0.2, -0.15) is 0 Å². The highest BCUT2D eigenvalue weighted by molar-refractivity contribution is 5.61. The molecular formula is C12H14N4O. The van der Waals surface area contributed by atoms with E-state index in [4.69, 9.17) is 10.5 Å². The highest BCUT2D eigenvalue weighted by Crippen LogP contribution is 2.29. The number of hydrogen-bond acceptors (Lipinski definition) is 4. The van der Waals surface area contributed by atoms with Crippen LogP contribution < -0.4 is 10.5 Å². The monoisotopic (exact) mass is 230 g/mol. The van der Waals surface area contributed by atoms with Crippen LogP contribution in [0.5, 0.6) is 5.75 Å². The molecule has 1 aliphatic rings. The number of aromatic nitrogens is 3. The Kier molecular flexibility index (Phi) is 2.53. The van der Waals surface area contributed by atoms with Gasteiger partial charge in [-0.3, -0.25) is 4.68 Å².